The second-order valence-corrected chi connectivity index (χ2v) is 4.61. The van der Waals surface area contributed by atoms with Crippen molar-refractivity contribution >= 4 is 17.5 Å². The lowest BCUT2D eigenvalue weighted by molar-refractivity contribution is 0.0950. The Morgan fingerprint density at radius 2 is 1.95 bits per heavy atom. The molecule has 0 bridgehead atoms. The summed E-state index contributed by atoms with van der Waals surface area (Å²) in [6, 6.07) is 10.1. The monoisotopic (exact) mass is 276 g/mol. The van der Waals surface area contributed by atoms with Gasteiger partial charge < -0.3 is 9.88 Å². The van der Waals surface area contributed by atoms with Crippen LogP contribution in [-0.2, 0) is 13.6 Å². The number of hydrogen-bond acceptors (Lipinski definition) is 2. The van der Waals surface area contributed by atoms with Crippen molar-refractivity contribution < 1.29 is 4.79 Å². The van der Waals surface area contributed by atoms with Crippen LogP contribution in [0.3, 0.4) is 0 Å². The Hall–Kier alpha value is -2.07. The Morgan fingerprint density at radius 3 is 2.58 bits per heavy atom. The zero-order valence-corrected chi connectivity index (χ0v) is 11.1. The lowest BCUT2D eigenvalue weighted by atomic mass is 10.2. The second kappa shape index (κ2) is 5.71. The number of benzene rings is 1. The van der Waals surface area contributed by atoms with Gasteiger partial charge in [-0.2, -0.15) is 0 Å². The molecule has 2 rings (SSSR count). The van der Waals surface area contributed by atoms with Crippen LogP contribution in [0.4, 0.5) is 0 Å². The van der Waals surface area contributed by atoms with Gasteiger partial charge in [-0.05, 0) is 23.8 Å². The lowest BCUT2D eigenvalue weighted by Crippen LogP contribution is -2.25. The van der Waals surface area contributed by atoms with E-state index in [2.05, 4.69) is 5.32 Å². The van der Waals surface area contributed by atoms with Crippen molar-refractivity contribution in [3.63, 3.8) is 0 Å². The minimum absolute atomic E-state index is 0.209. The fourth-order valence-electron chi connectivity index (χ4n) is 1.58. The normalized spacial score (nSPS) is 10.2. The van der Waals surface area contributed by atoms with Crippen LogP contribution in [0.1, 0.15) is 15.9 Å². The van der Waals surface area contributed by atoms with E-state index >= 15 is 0 Å². The second-order valence-electron chi connectivity index (χ2n) is 4.17. The quantitative estimate of drug-likeness (QED) is 0.932. The first-order valence-electron chi connectivity index (χ1n) is 5.75. The predicted molar refractivity (Wildman–Crippen MR) is 74.3 cm³/mol. The molecule has 0 aliphatic heterocycles. The highest BCUT2D eigenvalue weighted by atomic mass is 35.5. The van der Waals surface area contributed by atoms with Crippen LogP contribution < -0.4 is 10.9 Å². The van der Waals surface area contributed by atoms with Gasteiger partial charge in [0.05, 0.1) is 0 Å². The summed E-state index contributed by atoms with van der Waals surface area (Å²) in [6.07, 6.45) is 1.57. The van der Waals surface area contributed by atoms with E-state index in [9.17, 15) is 9.59 Å². The van der Waals surface area contributed by atoms with E-state index in [0.29, 0.717) is 17.1 Å². The number of aromatic nitrogens is 1. The first-order valence-corrected chi connectivity index (χ1v) is 6.13. The van der Waals surface area contributed by atoms with E-state index in [1.54, 1.807) is 31.4 Å². The smallest absolute Gasteiger partial charge is 0.251 e. The minimum atomic E-state index is -0.271. The number of pyridine rings is 1. The molecule has 1 amide bonds. The van der Waals surface area contributed by atoms with Crippen LogP contribution in [0.2, 0.25) is 5.02 Å². The molecule has 4 nitrogen and oxygen atoms in total. The van der Waals surface area contributed by atoms with Crippen molar-refractivity contribution in [2.75, 3.05) is 0 Å². The van der Waals surface area contributed by atoms with E-state index in [4.69, 9.17) is 11.6 Å². The maximum Gasteiger partial charge on any atom is 0.251 e. The molecule has 98 valence electrons. The van der Waals surface area contributed by atoms with E-state index in [1.165, 1.54) is 10.6 Å². The highest BCUT2D eigenvalue weighted by molar-refractivity contribution is 6.30. The Bertz CT molecular complexity index is 647. The van der Waals surface area contributed by atoms with Crippen LogP contribution in [0.15, 0.2) is 47.4 Å². The molecule has 1 aromatic carbocycles. The van der Waals surface area contributed by atoms with Crippen LogP contribution in [0.5, 0.6) is 0 Å². The fraction of sp³-hybridized carbons (Fsp3) is 0.143. The molecule has 0 saturated carbocycles. The highest BCUT2D eigenvalue weighted by Gasteiger charge is 2.06. The van der Waals surface area contributed by atoms with E-state index < -0.39 is 0 Å². The Balaban J connectivity index is 2.03. The summed E-state index contributed by atoms with van der Waals surface area (Å²) in [5, 5.41) is 3.41. The molecule has 0 saturated heterocycles. The molecule has 2 aromatic rings. The Morgan fingerprint density at radius 1 is 1.26 bits per heavy atom. The van der Waals surface area contributed by atoms with Gasteiger partial charge in [-0.1, -0.05) is 23.7 Å². The molecular formula is C14H13ClN2O2. The summed E-state index contributed by atoms with van der Waals surface area (Å²) >= 11 is 5.78. The molecule has 0 aliphatic carbocycles. The van der Waals surface area contributed by atoms with Crippen LogP contribution in [0, 0.1) is 0 Å². The van der Waals surface area contributed by atoms with Crippen molar-refractivity contribution in [1.82, 2.24) is 9.88 Å². The number of amides is 1. The van der Waals surface area contributed by atoms with Crippen molar-refractivity contribution in [3.8, 4) is 0 Å². The summed E-state index contributed by atoms with van der Waals surface area (Å²) in [6.45, 7) is 0.394. The fourth-order valence-corrected chi connectivity index (χ4v) is 1.70. The molecule has 19 heavy (non-hydrogen) atoms. The number of rotatable bonds is 3. The first-order chi connectivity index (χ1) is 9.06. The van der Waals surface area contributed by atoms with Crippen molar-refractivity contribution in [2.45, 2.75) is 6.54 Å². The average molecular weight is 277 g/mol. The molecule has 5 heteroatoms. The van der Waals surface area contributed by atoms with E-state index in [0.717, 1.165) is 5.56 Å². The summed E-state index contributed by atoms with van der Waals surface area (Å²) in [5.74, 6) is -0.271. The van der Waals surface area contributed by atoms with E-state index in [1.807, 2.05) is 12.1 Å². The van der Waals surface area contributed by atoms with Crippen molar-refractivity contribution in [3.05, 3.63) is 69.1 Å². The Kier molecular flexibility index (Phi) is 4.02. The summed E-state index contributed by atoms with van der Waals surface area (Å²) in [5.41, 5.74) is 1.10. The number of hydrogen-bond donors (Lipinski definition) is 1. The molecule has 0 aliphatic rings. The van der Waals surface area contributed by atoms with Crippen molar-refractivity contribution in [2.24, 2.45) is 7.05 Å². The summed E-state index contributed by atoms with van der Waals surface area (Å²) < 4.78 is 1.41. The maximum atomic E-state index is 11.9. The van der Waals surface area contributed by atoms with Gasteiger partial charge in [-0.25, -0.2) is 0 Å². The molecule has 1 N–H and O–H groups in total. The average Bonchev–Trinajstić information content (AvgIpc) is 2.41. The van der Waals surface area contributed by atoms with Gasteiger partial charge in [0.1, 0.15) is 0 Å². The molecular weight excluding hydrogens is 264 g/mol. The standard InChI is InChI=1S/C14H13ClN2O2/c1-17-7-6-11(8-13(17)18)14(19)16-9-10-2-4-12(15)5-3-10/h2-8H,9H2,1H3,(H,16,19). The third-order valence-electron chi connectivity index (χ3n) is 2.73. The predicted octanol–water partition coefficient (Wildman–Crippen LogP) is 1.97. The largest absolute Gasteiger partial charge is 0.348 e. The topological polar surface area (TPSA) is 51.1 Å². The first kappa shape index (κ1) is 13.4. The van der Waals surface area contributed by atoms with E-state index in [-0.39, 0.29) is 11.5 Å². The summed E-state index contributed by atoms with van der Waals surface area (Å²) in [7, 11) is 1.64. The van der Waals surface area contributed by atoms with Crippen LogP contribution in [0.25, 0.3) is 0 Å². The molecule has 0 atom stereocenters. The number of carbonyl (C=O) groups is 1. The zero-order valence-electron chi connectivity index (χ0n) is 10.4. The van der Waals surface area contributed by atoms with Gasteiger partial charge in [0.2, 0.25) is 0 Å². The number of nitrogens with one attached hydrogen (secondary N) is 1. The Labute approximate surface area is 115 Å². The molecule has 1 aromatic heterocycles. The van der Waals surface area contributed by atoms with Gasteiger partial charge in [0, 0.05) is 36.4 Å². The third kappa shape index (κ3) is 3.45. The van der Waals surface area contributed by atoms with Gasteiger partial charge in [0.25, 0.3) is 11.5 Å². The summed E-state index contributed by atoms with van der Waals surface area (Å²) in [4.78, 5) is 23.3. The molecule has 0 spiro atoms. The number of nitrogens with zero attached hydrogens (tertiary/aromatic N) is 1. The van der Waals surface area contributed by atoms with Gasteiger partial charge in [-0.3, -0.25) is 9.59 Å². The van der Waals surface area contributed by atoms with Gasteiger partial charge in [-0.15, -0.1) is 0 Å². The number of aryl methyl sites for hydroxylation is 1. The highest BCUT2D eigenvalue weighted by Crippen LogP contribution is 2.09. The lowest BCUT2D eigenvalue weighted by Gasteiger charge is -2.06. The SMILES string of the molecule is Cn1ccc(C(=O)NCc2ccc(Cl)cc2)cc1=O. The number of halogens is 1. The van der Waals surface area contributed by atoms with Crippen molar-refractivity contribution in [1.29, 1.82) is 0 Å². The molecule has 1 heterocycles. The van der Waals surface area contributed by atoms with Gasteiger partial charge in [0.15, 0.2) is 0 Å². The molecule has 0 unspecified atom stereocenters. The van der Waals surface area contributed by atoms with Gasteiger partial charge >= 0.3 is 0 Å². The molecule has 0 fully saturated rings. The zero-order chi connectivity index (χ0) is 13.8. The minimum Gasteiger partial charge on any atom is -0.348 e. The maximum absolute atomic E-state index is 11.9. The number of carbonyl (C=O) groups excluding carboxylic acids is 1. The third-order valence-corrected chi connectivity index (χ3v) is 2.98. The molecule has 0 radical (unpaired) electrons. The van der Waals surface area contributed by atoms with Crippen LogP contribution in [-0.4, -0.2) is 10.5 Å². The van der Waals surface area contributed by atoms with Crippen LogP contribution >= 0.6 is 11.6 Å².